The number of rotatable bonds is 8. The molecule has 146 valence electrons. The van der Waals surface area contributed by atoms with E-state index >= 15 is 0 Å². The quantitative estimate of drug-likeness (QED) is 0.690. The van der Waals surface area contributed by atoms with E-state index in [0.29, 0.717) is 5.56 Å². The normalized spacial score (nSPS) is 15.2. The molecule has 28 heavy (non-hydrogen) atoms. The van der Waals surface area contributed by atoms with Gasteiger partial charge in [-0.25, -0.2) is 0 Å². The summed E-state index contributed by atoms with van der Waals surface area (Å²) < 4.78 is 5.28. The monoisotopic (exact) mass is 380 g/mol. The molecule has 1 aliphatic carbocycles. The Balaban J connectivity index is 1.64. The van der Waals surface area contributed by atoms with Crippen molar-refractivity contribution in [3.05, 3.63) is 71.8 Å². The van der Waals surface area contributed by atoms with Crippen LogP contribution in [-0.4, -0.2) is 29.9 Å². The fourth-order valence-corrected chi connectivity index (χ4v) is 2.78. The molecule has 0 heterocycles. The lowest BCUT2D eigenvalue weighted by Crippen LogP contribution is -2.38. The largest absolute Gasteiger partial charge is 0.452 e. The molecule has 3 rings (SSSR count). The van der Waals surface area contributed by atoms with E-state index in [1.165, 1.54) is 0 Å². The van der Waals surface area contributed by atoms with E-state index in [1.807, 2.05) is 36.4 Å². The SMILES string of the molecule is C[C@H](OC(=O)C[C@H](NC(=O)c1ccccc1)c1ccccc1)C(=O)NC1CC1. The number of hydrogen-bond donors (Lipinski definition) is 2. The van der Waals surface area contributed by atoms with Crippen molar-refractivity contribution in [1.29, 1.82) is 0 Å². The van der Waals surface area contributed by atoms with Crippen LogP contribution in [0.25, 0.3) is 0 Å². The van der Waals surface area contributed by atoms with Crippen molar-refractivity contribution in [2.75, 3.05) is 0 Å². The number of esters is 1. The van der Waals surface area contributed by atoms with Gasteiger partial charge in [-0.3, -0.25) is 14.4 Å². The number of benzene rings is 2. The molecule has 2 amide bonds. The molecule has 0 bridgehead atoms. The molecular formula is C22H24N2O4. The summed E-state index contributed by atoms with van der Waals surface area (Å²) in [7, 11) is 0. The van der Waals surface area contributed by atoms with Gasteiger partial charge in [0.05, 0.1) is 12.5 Å². The number of carbonyl (C=O) groups is 3. The fourth-order valence-electron chi connectivity index (χ4n) is 2.78. The second-order valence-corrected chi connectivity index (χ2v) is 6.92. The van der Waals surface area contributed by atoms with Crippen LogP contribution in [0.4, 0.5) is 0 Å². The molecule has 0 aliphatic heterocycles. The molecular weight excluding hydrogens is 356 g/mol. The maximum absolute atomic E-state index is 12.5. The van der Waals surface area contributed by atoms with Crippen LogP contribution in [-0.2, 0) is 14.3 Å². The average Bonchev–Trinajstić information content (AvgIpc) is 3.52. The van der Waals surface area contributed by atoms with Crippen molar-refractivity contribution in [3.63, 3.8) is 0 Å². The summed E-state index contributed by atoms with van der Waals surface area (Å²) in [5.74, 6) is -1.11. The average molecular weight is 380 g/mol. The lowest BCUT2D eigenvalue weighted by atomic mass is 10.0. The Kier molecular flexibility index (Phi) is 6.42. The highest BCUT2D eigenvalue weighted by Gasteiger charge is 2.28. The van der Waals surface area contributed by atoms with Crippen LogP contribution in [0, 0.1) is 0 Å². The second kappa shape index (κ2) is 9.17. The number of hydrogen-bond acceptors (Lipinski definition) is 4. The van der Waals surface area contributed by atoms with E-state index < -0.39 is 18.1 Å². The van der Waals surface area contributed by atoms with E-state index in [9.17, 15) is 14.4 Å². The third kappa shape index (κ3) is 5.67. The van der Waals surface area contributed by atoms with Crippen LogP contribution in [0.2, 0.25) is 0 Å². The minimum atomic E-state index is -0.866. The van der Waals surface area contributed by atoms with Gasteiger partial charge in [-0.15, -0.1) is 0 Å². The molecule has 0 radical (unpaired) electrons. The zero-order chi connectivity index (χ0) is 19.9. The summed E-state index contributed by atoms with van der Waals surface area (Å²) in [5, 5.41) is 5.70. The number of amides is 2. The molecule has 2 aromatic carbocycles. The Morgan fingerprint density at radius 1 is 1.00 bits per heavy atom. The summed E-state index contributed by atoms with van der Waals surface area (Å²) in [6, 6.07) is 17.7. The third-order valence-corrected chi connectivity index (χ3v) is 4.52. The summed E-state index contributed by atoms with van der Waals surface area (Å²) in [4.78, 5) is 36.9. The van der Waals surface area contributed by atoms with Crippen LogP contribution < -0.4 is 10.6 Å². The smallest absolute Gasteiger partial charge is 0.309 e. The molecule has 2 atom stereocenters. The van der Waals surface area contributed by atoms with Crippen molar-refractivity contribution in [3.8, 4) is 0 Å². The summed E-state index contributed by atoms with van der Waals surface area (Å²) in [5.41, 5.74) is 1.30. The zero-order valence-corrected chi connectivity index (χ0v) is 15.8. The predicted octanol–water partition coefficient (Wildman–Crippen LogP) is 2.76. The van der Waals surface area contributed by atoms with Gasteiger partial charge in [-0.05, 0) is 37.5 Å². The number of carbonyl (C=O) groups excluding carboxylic acids is 3. The van der Waals surface area contributed by atoms with E-state index in [1.54, 1.807) is 31.2 Å². The van der Waals surface area contributed by atoms with Crippen molar-refractivity contribution in [2.24, 2.45) is 0 Å². The third-order valence-electron chi connectivity index (χ3n) is 4.52. The topological polar surface area (TPSA) is 84.5 Å². The summed E-state index contributed by atoms with van der Waals surface area (Å²) in [6.45, 7) is 1.55. The molecule has 1 aliphatic rings. The molecule has 0 spiro atoms. The van der Waals surface area contributed by atoms with E-state index in [4.69, 9.17) is 4.74 Å². The van der Waals surface area contributed by atoms with E-state index in [2.05, 4.69) is 10.6 Å². The van der Waals surface area contributed by atoms with Crippen molar-refractivity contribution < 1.29 is 19.1 Å². The maximum Gasteiger partial charge on any atom is 0.309 e. The van der Waals surface area contributed by atoms with Crippen LogP contribution in [0.3, 0.4) is 0 Å². The highest BCUT2D eigenvalue weighted by molar-refractivity contribution is 5.94. The first-order valence-corrected chi connectivity index (χ1v) is 9.43. The molecule has 0 unspecified atom stereocenters. The molecule has 0 saturated heterocycles. The number of ether oxygens (including phenoxy) is 1. The first-order chi connectivity index (χ1) is 13.5. The van der Waals surface area contributed by atoms with Gasteiger partial charge in [0.1, 0.15) is 0 Å². The molecule has 0 aromatic heterocycles. The lowest BCUT2D eigenvalue weighted by Gasteiger charge is -2.20. The minimum absolute atomic E-state index is 0.0658. The van der Waals surface area contributed by atoms with Gasteiger partial charge in [-0.1, -0.05) is 48.5 Å². The van der Waals surface area contributed by atoms with E-state index in [0.717, 1.165) is 18.4 Å². The van der Waals surface area contributed by atoms with Gasteiger partial charge < -0.3 is 15.4 Å². The van der Waals surface area contributed by atoms with Gasteiger partial charge in [0.2, 0.25) is 0 Å². The Bertz CT molecular complexity index is 819. The Hall–Kier alpha value is -3.15. The van der Waals surface area contributed by atoms with Crippen LogP contribution in [0.15, 0.2) is 60.7 Å². The Morgan fingerprint density at radius 2 is 1.61 bits per heavy atom. The van der Waals surface area contributed by atoms with Gasteiger partial charge >= 0.3 is 5.97 Å². The Labute approximate surface area is 164 Å². The highest BCUT2D eigenvalue weighted by Crippen LogP contribution is 2.20. The van der Waals surface area contributed by atoms with Gasteiger partial charge in [0.25, 0.3) is 11.8 Å². The van der Waals surface area contributed by atoms with Crippen LogP contribution in [0.1, 0.15) is 48.1 Å². The number of nitrogens with one attached hydrogen (secondary N) is 2. The summed E-state index contributed by atoms with van der Waals surface area (Å²) >= 11 is 0. The van der Waals surface area contributed by atoms with Crippen LogP contribution >= 0.6 is 0 Å². The van der Waals surface area contributed by atoms with Crippen molar-refractivity contribution in [2.45, 2.75) is 44.4 Å². The van der Waals surface area contributed by atoms with E-state index in [-0.39, 0.29) is 24.3 Å². The van der Waals surface area contributed by atoms with Gasteiger partial charge in [0, 0.05) is 11.6 Å². The molecule has 6 nitrogen and oxygen atoms in total. The maximum atomic E-state index is 12.5. The first kappa shape index (κ1) is 19.6. The lowest BCUT2D eigenvalue weighted by molar-refractivity contribution is -0.155. The van der Waals surface area contributed by atoms with Gasteiger partial charge in [-0.2, -0.15) is 0 Å². The molecule has 1 fully saturated rings. The standard InChI is InChI=1S/C22H24N2O4/c1-15(21(26)23-18-12-13-18)28-20(25)14-19(16-8-4-2-5-9-16)24-22(27)17-10-6-3-7-11-17/h2-11,15,18-19H,12-14H2,1H3,(H,23,26)(H,24,27)/t15-,19-/m0/s1. The zero-order valence-electron chi connectivity index (χ0n) is 15.8. The molecule has 1 saturated carbocycles. The Morgan fingerprint density at radius 3 is 2.21 bits per heavy atom. The first-order valence-electron chi connectivity index (χ1n) is 9.43. The van der Waals surface area contributed by atoms with Gasteiger partial charge in [0.15, 0.2) is 6.10 Å². The molecule has 6 heteroatoms. The minimum Gasteiger partial charge on any atom is -0.452 e. The summed E-state index contributed by atoms with van der Waals surface area (Å²) in [6.07, 6.45) is 1.00. The second-order valence-electron chi connectivity index (χ2n) is 6.92. The van der Waals surface area contributed by atoms with Crippen LogP contribution in [0.5, 0.6) is 0 Å². The fraction of sp³-hybridized carbons (Fsp3) is 0.318. The predicted molar refractivity (Wildman–Crippen MR) is 104 cm³/mol. The van der Waals surface area contributed by atoms with Crippen molar-refractivity contribution in [1.82, 2.24) is 10.6 Å². The molecule has 2 aromatic rings. The highest BCUT2D eigenvalue weighted by atomic mass is 16.5. The van der Waals surface area contributed by atoms with Crippen molar-refractivity contribution >= 4 is 17.8 Å². The molecule has 2 N–H and O–H groups in total.